The van der Waals surface area contributed by atoms with Gasteiger partial charge < -0.3 is 14.6 Å². The zero-order chi connectivity index (χ0) is 21.6. The van der Waals surface area contributed by atoms with Crippen LogP contribution in [-0.4, -0.2) is 57.9 Å². The average Bonchev–Trinajstić information content (AvgIpc) is 2.63. The molecular weight excluding hydrogens is 358 g/mol. The number of hydrogen-bond acceptors (Lipinski definition) is 6. The second-order valence-electron chi connectivity index (χ2n) is 8.71. The Balaban J connectivity index is 3.44. The first-order valence-electron chi connectivity index (χ1n) is 10.9. The van der Waals surface area contributed by atoms with Gasteiger partial charge in [-0.25, -0.2) is 4.79 Å². The molecule has 0 aliphatic carbocycles. The van der Waals surface area contributed by atoms with Gasteiger partial charge in [0.25, 0.3) is 0 Å². The summed E-state index contributed by atoms with van der Waals surface area (Å²) in [4.78, 5) is 27.9. The Morgan fingerprint density at radius 2 is 1.68 bits per heavy atom. The third kappa shape index (κ3) is 5.26. The number of carbonyl (C=O) groups excluding carboxylic acids is 2. The van der Waals surface area contributed by atoms with Crippen LogP contribution in [0.15, 0.2) is 0 Å². The van der Waals surface area contributed by atoms with Crippen LogP contribution in [0, 0.1) is 0 Å². The summed E-state index contributed by atoms with van der Waals surface area (Å²) < 4.78 is 11.3. The van der Waals surface area contributed by atoms with Crippen LogP contribution in [0.4, 0.5) is 0 Å². The van der Waals surface area contributed by atoms with Crippen molar-refractivity contribution in [3.05, 3.63) is 0 Å². The maximum absolute atomic E-state index is 13.1. The van der Waals surface area contributed by atoms with Gasteiger partial charge in [-0.1, -0.05) is 27.7 Å². The van der Waals surface area contributed by atoms with Crippen molar-refractivity contribution >= 4 is 11.9 Å². The highest BCUT2D eigenvalue weighted by Crippen LogP contribution is 2.49. The molecule has 2 unspecified atom stereocenters. The van der Waals surface area contributed by atoms with Gasteiger partial charge in [-0.15, -0.1) is 0 Å². The average molecular weight is 400 g/mol. The normalized spacial score (nSPS) is 25.1. The van der Waals surface area contributed by atoms with E-state index in [1.165, 1.54) is 0 Å². The van der Waals surface area contributed by atoms with E-state index in [1.54, 1.807) is 6.92 Å². The van der Waals surface area contributed by atoms with Gasteiger partial charge in [0.2, 0.25) is 5.60 Å². The smallest absolute Gasteiger partial charge is 0.350 e. The molecule has 6 nitrogen and oxygen atoms in total. The summed E-state index contributed by atoms with van der Waals surface area (Å²) in [6.45, 7) is 14.8. The van der Waals surface area contributed by atoms with Gasteiger partial charge in [-0.2, -0.15) is 0 Å². The number of esters is 2. The van der Waals surface area contributed by atoms with Crippen LogP contribution in [0.5, 0.6) is 0 Å². The summed E-state index contributed by atoms with van der Waals surface area (Å²) in [5, 5.41) is 10.4. The van der Waals surface area contributed by atoms with E-state index in [0.717, 1.165) is 12.8 Å². The third-order valence-corrected chi connectivity index (χ3v) is 6.23. The molecule has 164 valence electrons. The fourth-order valence-electron chi connectivity index (χ4n) is 4.78. The topological polar surface area (TPSA) is 76.1 Å². The van der Waals surface area contributed by atoms with Gasteiger partial charge in [0.15, 0.2) is 0 Å². The Morgan fingerprint density at radius 1 is 1.07 bits per heavy atom. The second-order valence-corrected chi connectivity index (χ2v) is 8.71. The lowest BCUT2D eigenvalue weighted by atomic mass is 9.67. The van der Waals surface area contributed by atoms with Crippen LogP contribution in [0.2, 0.25) is 0 Å². The lowest BCUT2D eigenvalue weighted by Gasteiger charge is -2.60. The molecule has 1 fully saturated rings. The van der Waals surface area contributed by atoms with E-state index >= 15 is 0 Å². The van der Waals surface area contributed by atoms with Gasteiger partial charge in [0, 0.05) is 36.9 Å². The van der Waals surface area contributed by atoms with E-state index in [0.29, 0.717) is 32.2 Å². The van der Waals surface area contributed by atoms with Crippen LogP contribution < -0.4 is 0 Å². The van der Waals surface area contributed by atoms with Crippen molar-refractivity contribution in [2.45, 2.75) is 116 Å². The van der Waals surface area contributed by atoms with Crippen LogP contribution in [0.25, 0.3) is 0 Å². The number of piperidine rings is 1. The van der Waals surface area contributed by atoms with Crippen molar-refractivity contribution in [2.24, 2.45) is 0 Å². The molecule has 1 heterocycles. The molecule has 1 aliphatic rings. The Morgan fingerprint density at radius 3 is 2.14 bits per heavy atom. The van der Waals surface area contributed by atoms with Crippen LogP contribution >= 0.6 is 0 Å². The zero-order valence-electron chi connectivity index (χ0n) is 19.0. The molecule has 0 aromatic carbocycles. The molecule has 0 saturated carbocycles. The molecule has 28 heavy (non-hydrogen) atoms. The van der Waals surface area contributed by atoms with E-state index < -0.39 is 23.2 Å². The van der Waals surface area contributed by atoms with Crippen molar-refractivity contribution in [3.8, 4) is 0 Å². The predicted molar refractivity (Wildman–Crippen MR) is 110 cm³/mol. The van der Waals surface area contributed by atoms with Crippen molar-refractivity contribution in [3.63, 3.8) is 0 Å². The predicted octanol–water partition coefficient (Wildman–Crippen LogP) is 3.84. The largest absolute Gasteiger partial charge is 0.463 e. The highest BCUT2D eigenvalue weighted by Gasteiger charge is 2.60. The quantitative estimate of drug-likeness (QED) is 0.563. The number of rotatable bonds is 10. The standard InChI is InChI=1S/C22H41NO5/c1-8-13-18(25)28-22(19(26)27-12-5)15-20(6,7)23(14-17(24)9-2)21(10-3,11-4)16-22/h17,24H,8-16H2,1-7H3. The number of ether oxygens (including phenoxy) is 2. The highest BCUT2D eigenvalue weighted by molar-refractivity contribution is 5.84. The lowest BCUT2D eigenvalue weighted by Crippen LogP contribution is -2.70. The summed E-state index contributed by atoms with van der Waals surface area (Å²) in [6, 6.07) is 0. The minimum atomic E-state index is -1.29. The van der Waals surface area contributed by atoms with Crippen molar-refractivity contribution < 1.29 is 24.2 Å². The van der Waals surface area contributed by atoms with Crippen molar-refractivity contribution in [1.29, 1.82) is 0 Å². The summed E-state index contributed by atoms with van der Waals surface area (Å²) in [5.74, 6) is -0.802. The van der Waals surface area contributed by atoms with Crippen molar-refractivity contribution in [2.75, 3.05) is 13.2 Å². The Labute approximate surface area is 171 Å². The van der Waals surface area contributed by atoms with E-state index in [2.05, 4.69) is 32.6 Å². The van der Waals surface area contributed by atoms with E-state index in [4.69, 9.17) is 9.47 Å². The van der Waals surface area contributed by atoms with Crippen LogP contribution in [0.1, 0.15) is 93.4 Å². The molecule has 0 aromatic heterocycles. The molecular formula is C22H41NO5. The number of β-amino-alcohol motifs (C(OH)–C–C–N with tert-alkyl or cyclic N) is 1. The fraction of sp³-hybridized carbons (Fsp3) is 0.909. The number of carbonyl (C=O) groups is 2. The molecule has 6 heteroatoms. The Hall–Kier alpha value is -1.14. The van der Waals surface area contributed by atoms with Gasteiger partial charge in [0.1, 0.15) is 0 Å². The fourth-order valence-corrected chi connectivity index (χ4v) is 4.78. The van der Waals surface area contributed by atoms with Gasteiger partial charge in [0.05, 0.1) is 12.7 Å². The molecule has 1 rings (SSSR count). The summed E-state index contributed by atoms with van der Waals surface area (Å²) in [5.41, 5.74) is -2.09. The van der Waals surface area contributed by atoms with Crippen LogP contribution in [0.3, 0.4) is 0 Å². The monoisotopic (exact) mass is 399 g/mol. The van der Waals surface area contributed by atoms with Gasteiger partial charge >= 0.3 is 11.9 Å². The lowest BCUT2D eigenvalue weighted by molar-refractivity contribution is -0.211. The van der Waals surface area contributed by atoms with E-state index in [-0.39, 0.29) is 24.5 Å². The van der Waals surface area contributed by atoms with Crippen molar-refractivity contribution in [1.82, 2.24) is 4.90 Å². The molecule has 0 spiro atoms. The number of aliphatic hydroxyl groups is 1. The maximum Gasteiger partial charge on any atom is 0.350 e. The molecule has 0 aromatic rings. The highest BCUT2D eigenvalue weighted by atomic mass is 16.6. The SMILES string of the molecule is CCCC(=O)OC1(C(=O)OCC)CC(C)(C)N(CC(O)CC)C(CC)(CC)C1. The van der Waals surface area contributed by atoms with Gasteiger partial charge in [-0.3, -0.25) is 9.69 Å². The summed E-state index contributed by atoms with van der Waals surface area (Å²) >= 11 is 0. The molecule has 0 radical (unpaired) electrons. The number of aliphatic hydroxyl groups excluding tert-OH is 1. The number of hydrogen-bond donors (Lipinski definition) is 1. The van der Waals surface area contributed by atoms with E-state index in [9.17, 15) is 14.7 Å². The van der Waals surface area contributed by atoms with E-state index in [1.807, 2.05) is 13.8 Å². The molecule has 0 bridgehead atoms. The third-order valence-electron chi connectivity index (χ3n) is 6.23. The first-order chi connectivity index (χ1) is 13.1. The Kier molecular flexibility index (Phi) is 8.94. The molecule has 1 N–H and O–H groups in total. The minimum absolute atomic E-state index is 0.246. The Bertz CT molecular complexity index is 529. The first kappa shape index (κ1) is 24.9. The first-order valence-corrected chi connectivity index (χ1v) is 10.9. The zero-order valence-corrected chi connectivity index (χ0v) is 19.0. The maximum atomic E-state index is 13.1. The number of nitrogens with zero attached hydrogens (tertiary/aromatic N) is 1. The molecule has 2 atom stereocenters. The summed E-state index contributed by atoms with van der Waals surface area (Å²) in [7, 11) is 0. The molecule has 0 amide bonds. The molecule has 1 saturated heterocycles. The van der Waals surface area contributed by atoms with Gasteiger partial charge in [-0.05, 0) is 46.5 Å². The number of likely N-dealkylation sites (tertiary alicyclic amines) is 1. The molecule has 1 aliphatic heterocycles. The van der Waals surface area contributed by atoms with Crippen LogP contribution in [-0.2, 0) is 19.1 Å². The minimum Gasteiger partial charge on any atom is -0.463 e. The second kappa shape index (κ2) is 10.1. The summed E-state index contributed by atoms with van der Waals surface area (Å²) in [6.07, 6.45) is 3.51.